The molecule has 4 rings (SSSR count). The molecular formula is C24H25F3N2O3. The standard InChI is InChI=1S/C24H25F3N2O3/c25-24(26,27)20-5-3-18(4-6-20)21(29-10-13-31-14-11-29)16-28-23(30)8-2-17-1-7-22-19(15-17)9-12-32-22/h1-8,15,21H,9-14,16H2,(H,28,30). The van der Waals surface area contributed by atoms with E-state index >= 15 is 0 Å². The van der Waals surface area contributed by atoms with E-state index < -0.39 is 11.7 Å². The average molecular weight is 446 g/mol. The zero-order chi connectivity index (χ0) is 22.6. The molecule has 1 fully saturated rings. The van der Waals surface area contributed by atoms with Gasteiger partial charge in [-0.15, -0.1) is 0 Å². The fourth-order valence-corrected chi connectivity index (χ4v) is 3.98. The van der Waals surface area contributed by atoms with Crippen LogP contribution in [0.25, 0.3) is 6.08 Å². The second-order valence-electron chi connectivity index (χ2n) is 7.83. The minimum absolute atomic E-state index is 0.240. The number of ether oxygens (including phenoxy) is 2. The fourth-order valence-electron chi connectivity index (χ4n) is 3.98. The number of halogens is 3. The molecule has 8 heteroatoms. The number of amides is 1. The molecule has 170 valence electrons. The summed E-state index contributed by atoms with van der Waals surface area (Å²) in [5.74, 6) is 0.628. The fraction of sp³-hybridized carbons (Fsp3) is 0.375. The van der Waals surface area contributed by atoms with Crippen molar-refractivity contribution in [1.82, 2.24) is 10.2 Å². The molecule has 2 aromatic rings. The first-order chi connectivity index (χ1) is 15.4. The second kappa shape index (κ2) is 9.75. The monoisotopic (exact) mass is 446 g/mol. The van der Waals surface area contributed by atoms with E-state index in [0.29, 0.717) is 32.9 Å². The third kappa shape index (κ3) is 5.49. The van der Waals surface area contributed by atoms with Crippen molar-refractivity contribution >= 4 is 12.0 Å². The first kappa shape index (κ1) is 22.4. The molecule has 1 N–H and O–H groups in total. The normalized spacial score (nSPS) is 17.7. The van der Waals surface area contributed by atoms with Gasteiger partial charge in [-0.05, 0) is 47.0 Å². The zero-order valence-electron chi connectivity index (χ0n) is 17.5. The van der Waals surface area contributed by atoms with Crippen LogP contribution in [0.1, 0.15) is 28.3 Å². The van der Waals surface area contributed by atoms with Crippen LogP contribution in [0.3, 0.4) is 0 Å². The van der Waals surface area contributed by atoms with E-state index in [9.17, 15) is 18.0 Å². The molecule has 1 amide bonds. The minimum Gasteiger partial charge on any atom is -0.493 e. The summed E-state index contributed by atoms with van der Waals surface area (Å²) in [5.41, 5.74) is 2.08. The molecule has 0 radical (unpaired) electrons. The van der Waals surface area contributed by atoms with Gasteiger partial charge >= 0.3 is 6.18 Å². The van der Waals surface area contributed by atoms with Crippen LogP contribution in [0.15, 0.2) is 48.5 Å². The lowest BCUT2D eigenvalue weighted by atomic mass is 10.0. The number of carbonyl (C=O) groups is 1. The Morgan fingerprint density at radius 1 is 1.09 bits per heavy atom. The average Bonchev–Trinajstić information content (AvgIpc) is 3.26. The van der Waals surface area contributed by atoms with Crippen molar-refractivity contribution < 1.29 is 27.4 Å². The number of hydrogen-bond donors (Lipinski definition) is 1. The Kier molecular flexibility index (Phi) is 6.81. The third-order valence-corrected chi connectivity index (χ3v) is 5.72. The van der Waals surface area contributed by atoms with E-state index in [1.807, 2.05) is 18.2 Å². The molecule has 1 atom stereocenters. The number of morpholine rings is 1. The van der Waals surface area contributed by atoms with Gasteiger partial charge in [0, 0.05) is 32.1 Å². The summed E-state index contributed by atoms with van der Waals surface area (Å²) in [6, 6.07) is 10.7. The summed E-state index contributed by atoms with van der Waals surface area (Å²) in [4.78, 5) is 14.6. The van der Waals surface area contributed by atoms with Gasteiger partial charge in [-0.2, -0.15) is 13.2 Å². The Hall–Kier alpha value is -2.84. The van der Waals surface area contributed by atoms with Gasteiger partial charge in [0.05, 0.1) is 31.4 Å². The van der Waals surface area contributed by atoms with Gasteiger partial charge in [-0.25, -0.2) is 0 Å². The van der Waals surface area contributed by atoms with E-state index in [2.05, 4.69) is 10.2 Å². The molecule has 2 aliphatic rings. The number of nitrogens with one attached hydrogen (secondary N) is 1. The Balaban J connectivity index is 1.42. The Morgan fingerprint density at radius 2 is 1.84 bits per heavy atom. The quantitative estimate of drug-likeness (QED) is 0.685. The number of benzene rings is 2. The highest BCUT2D eigenvalue weighted by molar-refractivity contribution is 5.91. The highest BCUT2D eigenvalue weighted by atomic mass is 19.4. The summed E-state index contributed by atoms with van der Waals surface area (Å²) < 4.78 is 49.7. The molecule has 0 aliphatic carbocycles. The molecular weight excluding hydrogens is 421 g/mol. The third-order valence-electron chi connectivity index (χ3n) is 5.72. The van der Waals surface area contributed by atoms with Crippen LogP contribution in [0.5, 0.6) is 5.75 Å². The summed E-state index contributed by atoms with van der Waals surface area (Å²) in [6.45, 7) is 3.35. The molecule has 0 saturated carbocycles. The summed E-state index contributed by atoms with van der Waals surface area (Å²) >= 11 is 0. The highest BCUT2D eigenvalue weighted by Crippen LogP contribution is 2.31. The minimum atomic E-state index is -4.38. The van der Waals surface area contributed by atoms with Crippen LogP contribution >= 0.6 is 0 Å². The Labute approximate surface area is 184 Å². The van der Waals surface area contributed by atoms with Crippen LogP contribution in [0, 0.1) is 0 Å². The number of rotatable bonds is 6. The molecule has 2 aliphatic heterocycles. The lowest BCUT2D eigenvalue weighted by Crippen LogP contribution is -2.43. The van der Waals surface area contributed by atoms with Crippen molar-refractivity contribution in [3.05, 3.63) is 70.8 Å². The molecule has 1 unspecified atom stereocenters. The number of carbonyl (C=O) groups excluding carboxylic acids is 1. The molecule has 2 aromatic carbocycles. The van der Waals surface area contributed by atoms with Gasteiger partial charge in [-0.3, -0.25) is 9.69 Å². The van der Waals surface area contributed by atoms with Gasteiger partial charge in [0.1, 0.15) is 5.75 Å². The highest BCUT2D eigenvalue weighted by Gasteiger charge is 2.31. The maximum absolute atomic E-state index is 12.9. The van der Waals surface area contributed by atoms with Crippen molar-refractivity contribution in [3.63, 3.8) is 0 Å². The number of alkyl halides is 3. The predicted octanol–water partition coefficient (Wildman–Crippen LogP) is 3.84. The number of fused-ring (bicyclic) bond motifs is 1. The Bertz CT molecular complexity index is 967. The SMILES string of the molecule is O=C(C=Cc1ccc2c(c1)CCO2)NCC(c1ccc(C(F)(F)F)cc1)N1CCOCC1. The summed E-state index contributed by atoms with van der Waals surface area (Å²) in [5, 5.41) is 2.89. The zero-order valence-corrected chi connectivity index (χ0v) is 17.5. The lowest BCUT2D eigenvalue weighted by Gasteiger charge is -2.35. The second-order valence-corrected chi connectivity index (χ2v) is 7.83. The molecule has 1 saturated heterocycles. The van der Waals surface area contributed by atoms with Gasteiger partial charge < -0.3 is 14.8 Å². The summed E-state index contributed by atoms with van der Waals surface area (Å²) in [7, 11) is 0. The molecule has 2 heterocycles. The van der Waals surface area contributed by atoms with Crippen LogP contribution in [0.2, 0.25) is 0 Å². The molecule has 0 spiro atoms. The molecule has 32 heavy (non-hydrogen) atoms. The first-order valence-electron chi connectivity index (χ1n) is 10.6. The number of nitrogens with zero attached hydrogens (tertiary/aromatic N) is 1. The van der Waals surface area contributed by atoms with Crippen LogP contribution < -0.4 is 10.1 Å². The van der Waals surface area contributed by atoms with E-state index in [1.54, 1.807) is 6.08 Å². The van der Waals surface area contributed by atoms with E-state index in [0.717, 1.165) is 41.0 Å². The molecule has 0 aromatic heterocycles. The van der Waals surface area contributed by atoms with E-state index in [-0.39, 0.29) is 18.5 Å². The lowest BCUT2D eigenvalue weighted by molar-refractivity contribution is -0.137. The van der Waals surface area contributed by atoms with Crippen molar-refractivity contribution in [3.8, 4) is 5.75 Å². The van der Waals surface area contributed by atoms with Crippen molar-refractivity contribution in [2.24, 2.45) is 0 Å². The summed E-state index contributed by atoms with van der Waals surface area (Å²) in [6.07, 6.45) is -0.302. The molecule has 5 nitrogen and oxygen atoms in total. The number of hydrogen-bond acceptors (Lipinski definition) is 4. The van der Waals surface area contributed by atoms with Gasteiger partial charge in [-0.1, -0.05) is 18.2 Å². The Morgan fingerprint density at radius 3 is 2.56 bits per heavy atom. The van der Waals surface area contributed by atoms with Crippen molar-refractivity contribution in [2.75, 3.05) is 39.5 Å². The van der Waals surface area contributed by atoms with Crippen LogP contribution in [-0.4, -0.2) is 50.3 Å². The van der Waals surface area contributed by atoms with Gasteiger partial charge in [0.15, 0.2) is 0 Å². The van der Waals surface area contributed by atoms with Crippen molar-refractivity contribution in [1.29, 1.82) is 0 Å². The smallest absolute Gasteiger partial charge is 0.416 e. The van der Waals surface area contributed by atoms with Gasteiger partial charge in [0.25, 0.3) is 0 Å². The van der Waals surface area contributed by atoms with Crippen LogP contribution in [-0.2, 0) is 22.1 Å². The first-order valence-corrected chi connectivity index (χ1v) is 10.6. The predicted molar refractivity (Wildman–Crippen MR) is 114 cm³/mol. The van der Waals surface area contributed by atoms with Crippen LogP contribution in [0.4, 0.5) is 13.2 Å². The van der Waals surface area contributed by atoms with Crippen molar-refractivity contribution in [2.45, 2.75) is 18.6 Å². The van der Waals surface area contributed by atoms with Gasteiger partial charge in [0.2, 0.25) is 5.91 Å². The maximum Gasteiger partial charge on any atom is 0.416 e. The largest absolute Gasteiger partial charge is 0.493 e. The maximum atomic E-state index is 12.9. The molecule has 0 bridgehead atoms. The van der Waals surface area contributed by atoms with E-state index in [4.69, 9.17) is 9.47 Å². The van der Waals surface area contributed by atoms with E-state index in [1.165, 1.54) is 18.2 Å². The topological polar surface area (TPSA) is 50.8 Å².